The molecule has 0 saturated heterocycles. The van der Waals surface area contributed by atoms with Crippen molar-refractivity contribution in [3.8, 4) is 11.5 Å². The van der Waals surface area contributed by atoms with Gasteiger partial charge in [0.2, 0.25) is 10.0 Å². The van der Waals surface area contributed by atoms with Gasteiger partial charge in [-0.15, -0.1) is 0 Å². The van der Waals surface area contributed by atoms with Crippen LogP contribution >= 0.6 is 0 Å². The van der Waals surface area contributed by atoms with Crippen LogP contribution < -0.4 is 9.47 Å². The fourth-order valence-electron chi connectivity index (χ4n) is 2.38. The van der Waals surface area contributed by atoms with Gasteiger partial charge in [0.1, 0.15) is 0 Å². The molecule has 0 aromatic heterocycles. The van der Waals surface area contributed by atoms with Gasteiger partial charge in [-0.05, 0) is 29.3 Å². The van der Waals surface area contributed by atoms with Crippen LogP contribution in [0.25, 0.3) is 6.08 Å². The third-order valence-electron chi connectivity index (χ3n) is 3.75. The van der Waals surface area contributed by atoms with Crippen LogP contribution in [0.2, 0.25) is 0 Å². The molecule has 0 atom stereocenters. The Bertz CT molecular complexity index is 817. The Morgan fingerprint density at radius 3 is 2.28 bits per heavy atom. The molecule has 2 rings (SSSR count). The summed E-state index contributed by atoms with van der Waals surface area (Å²) in [5.74, 6) is 1.19. The molecular weight excluding hydrogens is 338 g/mol. The molecule has 0 aliphatic carbocycles. The van der Waals surface area contributed by atoms with E-state index in [0.29, 0.717) is 18.0 Å². The first kappa shape index (κ1) is 19.0. The molecule has 0 N–H and O–H groups in total. The van der Waals surface area contributed by atoms with E-state index in [1.54, 1.807) is 32.4 Å². The number of sulfonamides is 1. The van der Waals surface area contributed by atoms with Crippen molar-refractivity contribution in [3.63, 3.8) is 0 Å². The van der Waals surface area contributed by atoms with Gasteiger partial charge in [-0.1, -0.05) is 43.3 Å². The molecule has 6 heteroatoms. The van der Waals surface area contributed by atoms with Crippen LogP contribution in [0, 0.1) is 0 Å². The Morgan fingerprint density at radius 1 is 1.00 bits per heavy atom. The zero-order valence-electron chi connectivity index (χ0n) is 14.7. The zero-order chi connectivity index (χ0) is 18.3. The fraction of sp³-hybridized carbons (Fsp3) is 0.263. The number of methoxy groups -OCH3 is 2. The molecule has 0 aliphatic rings. The lowest BCUT2D eigenvalue weighted by atomic mass is 10.2. The van der Waals surface area contributed by atoms with Gasteiger partial charge in [-0.3, -0.25) is 0 Å². The maximum absolute atomic E-state index is 12.6. The first-order chi connectivity index (χ1) is 12.0. The molecule has 2 aromatic rings. The Balaban J connectivity index is 2.20. The Kier molecular flexibility index (Phi) is 6.61. The molecule has 0 fully saturated rings. The molecule has 0 saturated carbocycles. The Morgan fingerprint density at radius 2 is 1.68 bits per heavy atom. The minimum Gasteiger partial charge on any atom is -0.493 e. The molecule has 0 bridgehead atoms. The van der Waals surface area contributed by atoms with Gasteiger partial charge in [0.15, 0.2) is 11.5 Å². The lowest BCUT2D eigenvalue weighted by Gasteiger charge is -2.19. The van der Waals surface area contributed by atoms with Crippen LogP contribution in [0.3, 0.4) is 0 Å². The van der Waals surface area contributed by atoms with E-state index in [4.69, 9.17) is 9.47 Å². The number of ether oxygens (including phenoxy) is 2. The second kappa shape index (κ2) is 8.69. The van der Waals surface area contributed by atoms with Crippen LogP contribution in [-0.4, -0.2) is 33.5 Å². The summed E-state index contributed by atoms with van der Waals surface area (Å²) >= 11 is 0. The molecule has 0 aliphatic heterocycles. The molecule has 25 heavy (non-hydrogen) atoms. The predicted octanol–water partition coefficient (Wildman–Crippen LogP) is 3.53. The highest BCUT2D eigenvalue weighted by Crippen LogP contribution is 2.28. The molecule has 134 valence electrons. The van der Waals surface area contributed by atoms with Crippen molar-refractivity contribution in [2.75, 3.05) is 20.8 Å². The first-order valence-corrected chi connectivity index (χ1v) is 9.44. The lowest BCUT2D eigenvalue weighted by molar-refractivity contribution is 0.353. The van der Waals surface area contributed by atoms with E-state index in [0.717, 1.165) is 11.1 Å². The van der Waals surface area contributed by atoms with Crippen LogP contribution in [0.5, 0.6) is 11.5 Å². The van der Waals surface area contributed by atoms with Crippen LogP contribution in [0.15, 0.2) is 53.9 Å². The summed E-state index contributed by atoms with van der Waals surface area (Å²) in [4.78, 5) is 0. The normalized spacial score (nSPS) is 11.8. The standard InChI is InChI=1S/C19H23NO4S/c1-4-20(15-17-10-11-18(23-2)19(14-17)24-3)25(21,22)13-12-16-8-6-5-7-9-16/h5-14H,4,15H2,1-3H3/b13-12+. The molecule has 0 unspecified atom stereocenters. The minimum absolute atomic E-state index is 0.262. The Labute approximate surface area is 149 Å². The van der Waals surface area contributed by atoms with Crippen LogP contribution in [-0.2, 0) is 16.6 Å². The van der Waals surface area contributed by atoms with E-state index in [2.05, 4.69) is 0 Å². The van der Waals surface area contributed by atoms with Crippen molar-refractivity contribution in [1.82, 2.24) is 4.31 Å². The molecule has 2 aromatic carbocycles. The summed E-state index contributed by atoms with van der Waals surface area (Å²) in [7, 11) is -0.405. The van der Waals surface area contributed by atoms with Gasteiger partial charge in [-0.25, -0.2) is 8.42 Å². The highest BCUT2D eigenvalue weighted by Gasteiger charge is 2.18. The van der Waals surface area contributed by atoms with Gasteiger partial charge in [0.25, 0.3) is 0 Å². The average molecular weight is 361 g/mol. The van der Waals surface area contributed by atoms with Gasteiger partial charge in [0, 0.05) is 18.5 Å². The second-order valence-electron chi connectivity index (χ2n) is 5.37. The van der Waals surface area contributed by atoms with E-state index in [-0.39, 0.29) is 6.54 Å². The van der Waals surface area contributed by atoms with E-state index in [1.807, 2.05) is 43.3 Å². The molecule has 0 radical (unpaired) electrons. The molecule has 5 nitrogen and oxygen atoms in total. The predicted molar refractivity (Wildman–Crippen MR) is 100 cm³/mol. The third-order valence-corrected chi connectivity index (χ3v) is 5.34. The highest BCUT2D eigenvalue weighted by molar-refractivity contribution is 7.92. The maximum atomic E-state index is 12.6. The van der Waals surface area contributed by atoms with Crippen molar-refractivity contribution < 1.29 is 17.9 Å². The van der Waals surface area contributed by atoms with Gasteiger partial charge >= 0.3 is 0 Å². The molecule has 0 spiro atoms. The van der Waals surface area contributed by atoms with E-state index < -0.39 is 10.0 Å². The average Bonchev–Trinajstić information content (AvgIpc) is 2.65. The quantitative estimate of drug-likeness (QED) is 0.722. The van der Waals surface area contributed by atoms with Crippen molar-refractivity contribution in [2.45, 2.75) is 13.5 Å². The number of hydrogen-bond donors (Lipinski definition) is 0. The fourth-order valence-corrected chi connectivity index (χ4v) is 3.57. The Hall–Kier alpha value is -2.31. The number of hydrogen-bond acceptors (Lipinski definition) is 4. The SMILES string of the molecule is CCN(Cc1ccc(OC)c(OC)c1)S(=O)(=O)/C=C/c1ccccc1. The highest BCUT2D eigenvalue weighted by atomic mass is 32.2. The topological polar surface area (TPSA) is 55.8 Å². The summed E-state index contributed by atoms with van der Waals surface area (Å²) < 4.78 is 37.1. The summed E-state index contributed by atoms with van der Waals surface area (Å²) in [5.41, 5.74) is 1.67. The molecule has 0 amide bonds. The molecule has 0 heterocycles. The summed E-state index contributed by atoms with van der Waals surface area (Å²) in [6.07, 6.45) is 1.60. The number of benzene rings is 2. The largest absolute Gasteiger partial charge is 0.493 e. The number of rotatable bonds is 8. The van der Waals surface area contributed by atoms with Gasteiger partial charge in [-0.2, -0.15) is 4.31 Å². The van der Waals surface area contributed by atoms with Crippen molar-refractivity contribution >= 4 is 16.1 Å². The first-order valence-electron chi connectivity index (χ1n) is 7.94. The van der Waals surface area contributed by atoms with E-state index in [9.17, 15) is 8.42 Å². The monoisotopic (exact) mass is 361 g/mol. The van der Waals surface area contributed by atoms with Crippen molar-refractivity contribution in [2.24, 2.45) is 0 Å². The van der Waals surface area contributed by atoms with Crippen molar-refractivity contribution in [3.05, 3.63) is 65.1 Å². The molecular formula is C19H23NO4S. The minimum atomic E-state index is -3.52. The third kappa shape index (κ3) is 5.08. The number of nitrogens with zero attached hydrogens (tertiary/aromatic N) is 1. The summed E-state index contributed by atoms with van der Waals surface area (Å²) in [6.45, 7) is 2.45. The van der Waals surface area contributed by atoms with Crippen LogP contribution in [0.4, 0.5) is 0 Å². The second-order valence-corrected chi connectivity index (χ2v) is 7.19. The van der Waals surface area contributed by atoms with E-state index >= 15 is 0 Å². The van der Waals surface area contributed by atoms with Gasteiger partial charge < -0.3 is 9.47 Å². The van der Waals surface area contributed by atoms with Crippen molar-refractivity contribution in [1.29, 1.82) is 0 Å². The lowest BCUT2D eigenvalue weighted by Crippen LogP contribution is -2.28. The van der Waals surface area contributed by atoms with Gasteiger partial charge in [0.05, 0.1) is 14.2 Å². The zero-order valence-corrected chi connectivity index (χ0v) is 15.5. The maximum Gasteiger partial charge on any atom is 0.236 e. The summed E-state index contributed by atoms with van der Waals surface area (Å²) in [5, 5.41) is 1.24. The summed E-state index contributed by atoms with van der Waals surface area (Å²) in [6, 6.07) is 14.7. The van der Waals surface area contributed by atoms with Crippen LogP contribution in [0.1, 0.15) is 18.1 Å². The van der Waals surface area contributed by atoms with E-state index in [1.165, 1.54) is 9.71 Å². The smallest absolute Gasteiger partial charge is 0.236 e.